The summed E-state index contributed by atoms with van der Waals surface area (Å²) in [7, 11) is 3.71. The van der Waals surface area contributed by atoms with Crippen molar-refractivity contribution in [3.63, 3.8) is 0 Å². The third kappa shape index (κ3) is 1.72. The van der Waals surface area contributed by atoms with E-state index in [-0.39, 0.29) is 5.56 Å². The van der Waals surface area contributed by atoms with Crippen LogP contribution >= 0.6 is 11.3 Å². The minimum absolute atomic E-state index is 0.120. The van der Waals surface area contributed by atoms with Crippen molar-refractivity contribution < 1.29 is 0 Å². The van der Waals surface area contributed by atoms with Crippen LogP contribution in [0.25, 0.3) is 21.3 Å². The fraction of sp³-hybridized carbons (Fsp3) is 0.231. The van der Waals surface area contributed by atoms with Crippen LogP contribution in [0, 0.1) is 0 Å². The molecule has 0 saturated carbocycles. The number of thiazole rings is 1. The van der Waals surface area contributed by atoms with Gasteiger partial charge in [-0.2, -0.15) is 10.2 Å². The van der Waals surface area contributed by atoms with E-state index < -0.39 is 0 Å². The maximum absolute atomic E-state index is 12.6. The number of aryl methyl sites for hydroxylation is 2. The van der Waals surface area contributed by atoms with E-state index in [9.17, 15) is 4.79 Å². The summed E-state index contributed by atoms with van der Waals surface area (Å²) in [6.07, 6.45) is 3.58. The van der Waals surface area contributed by atoms with Gasteiger partial charge in [0.15, 0.2) is 5.65 Å². The highest BCUT2D eigenvalue weighted by Gasteiger charge is 2.16. The molecule has 0 aliphatic rings. The maximum atomic E-state index is 12.6. The topological polar surface area (TPSA) is 70.5 Å². The van der Waals surface area contributed by atoms with E-state index >= 15 is 0 Å². The summed E-state index contributed by atoms with van der Waals surface area (Å²) in [5, 5.41) is 9.42. The van der Waals surface area contributed by atoms with Gasteiger partial charge in [-0.25, -0.2) is 9.67 Å². The van der Waals surface area contributed by atoms with Crippen LogP contribution in [0.4, 0.5) is 0 Å². The second-order valence-corrected chi connectivity index (χ2v) is 5.77. The van der Waals surface area contributed by atoms with Crippen LogP contribution in [0.5, 0.6) is 0 Å². The minimum atomic E-state index is -0.120. The Morgan fingerprint density at radius 2 is 2.19 bits per heavy atom. The number of aromatic nitrogens is 6. The molecule has 4 aromatic heterocycles. The summed E-state index contributed by atoms with van der Waals surface area (Å²) < 4.78 is 5.98. The lowest BCUT2D eigenvalue weighted by molar-refractivity contribution is 0.619. The first-order chi connectivity index (χ1) is 10.1. The van der Waals surface area contributed by atoms with E-state index in [1.165, 1.54) is 16.0 Å². The predicted octanol–water partition coefficient (Wildman–Crippen LogP) is 1.13. The molecule has 21 heavy (non-hydrogen) atoms. The minimum Gasteiger partial charge on any atom is -0.323 e. The molecule has 7 nitrogen and oxygen atoms in total. The first-order valence-electron chi connectivity index (χ1n) is 6.41. The van der Waals surface area contributed by atoms with Crippen LogP contribution in [0.1, 0.15) is 5.69 Å². The summed E-state index contributed by atoms with van der Waals surface area (Å²) in [5.74, 6) is 0. The quantitative estimate of drug-likeness (QED) is 0.556. The molecule has 0 spiro atoms. The van der Waals surface area contributed by atoms with Gasteiger partial charge < -0.3 is 4.57 Å². The van der Waals surface area contributed by atoms with E-state index in [0.717, 1.165) is 21.4 Å². The Labute approximate surface area is 123 Å². The highest BCUT2D eigenvalue weighted by Crippen LogP contribution is 2.27. The lowest BCUT2D eigenvalue weighted by atomic mass is 10.3. The van der Waals surface area contributed by atoms with Gasteiger partial charge in [-0.1, -0.05) is 0 Å². The molecule has 0 fully saturated rings. The average molecular weight is 300 g/mol. The van der Waals surface area contributed by atoms with Gasteiger partial charge in [0.2, 0.25) is 0 Å². The Balaban J connectivity index is 1.93. The molecular weight excluding hydrogens is 288 g/mol. The molecular formula is C13H12N6OS. The van der Waals surface area contributed by atoms with E-state index in [1.54, 1.807) is 16.4 Å². The Bertz CT molecular complexity index is 1020. The highest BCUT2D eigenvalue weighted by atomic mass is 32.1. The number of rotatable bonds is 2. The zero-order valence-corrected chi connectivity index (χ0v) is 12.3. The van der Waals surface area contributed by atoms with Gasteiger partial charge in [0.05, 0.1) is 28.6 Å². The molecule has 4 rings (SSSR count). The van der Waals surface area contributed by atoms with Crippen molar-refractivity contribution in [3.8, 4) is 0 Å². The van der Waals surface area contributed by atoms with Gasteiger partial charge in [-0.05, 0) is 6.07 Å². The SMILES string of the molecule is Cn1ccc(Cn2ncc3c4scnc4n(C)c3c2=O)n1. The van der Waals surface area contributed by atoms with E-state index in [1.807, 2.05) is 30.9 Å². The molecule has 106 valence electrons. The van der Waals surface area contributed by atoms with Crippen molar-refractivity contribution in [2.45, 2.75) is 6.54 Å². The first kappa shape index (κ1) is 12.3. The molecule has 0 unspecified atom stereocenters. The molecule has 0 saturated heterocycles. The summed E-state index contributed by atoms with van der Waals surface area (Å²) in [6.45, 7) is 0.363. The van der Waals surface area contributed by atoms with Gasteiger partial charge >= 0.3 is 0 Å². The van der Waals surface area contributed by atoms with Crippen LogP contribution < -0.4 is 5.56 Å². The molecule has 0 atom stereocenters. The first-order valence-corrected chi connectivity index (χ1v) is 7.29. The molecule has 4 heterocycles. The fourth-order valence-corrected chi connectivity index (χ4v) is 3.38. The lowest BCUT2D eigenvalue weighted by Crippen LogP contribution is -2.24. The predicted molar refractivity (Wildman–Crippen MR) is 80.5 cm³/mol. The average Bonchev–Trinajstić information content (AvgIpc) is 3.13. The normalized spacial score (nSPS) is 11.7. The zero-order chi connectivity index (χ0) is 14.6. The lowest BCUT2D eigenvalue weighted by Gasteiger charge is -2.03. The Morgan fingerprint density at radius 1 is 1.33 bits per heavy atom. The second-order valence-electron chi connectivity index (χ2n) is 4.91. The van der Waals surface area contributed by atoms with Crippen molar-refractivity contribution in [3.05, 3.63) is 40.0 Å². The second kappa shape index (κ2) is 4.26. The van der Waals surface area contributed by atoms with Crippen LogP contribution in [-0.2, 0) is 20.6 Å². The fourth-order valence-electron chi connectivity index (χ4n) is 2.55. The maximum Gasteiger partial charge on any atom is 0.291 e. The van der Waals surface area contributed by atoms with Crippen LogP contribution in [0.2, 0.25) is 0 Å². The molecule has 0 radical (unpaired) electrons. The zero-order valence-electron chi connectivity index (χ0n) is 11.5. The Kier molecular flexibility index (Phi) is 2.49. The number of hydrogen-bond acceptors (Lipinski definition) is 5. The monoisotopic (exact) mass is 300 g/mol. The van der Waals surface area contributed by atoms with Crippen LogP contribution in [-0.4, -0.2) is 29.1 Å². The van der Waals surface area contributed by atoms with Crippen molar-refractivity contribution in [2.24, 2.45) is 14.1 Å². The molecule has 0 bridgehead atoms. The van der Waals surface area contributed by atoms with Crippen LogP contribution in [0.3, 0.4) is 0 Å². The summed E-state index contributed by atoms with van der Waals surface area (Å²) in [6, 6.07) is 1.88. The molecule has 0 aliphatic heterocycles. The molecule has 0 N–H and O–H groups in total. The van der Waals surface area contributed by atoms with Gasteiger partial charge in [0.1, 0.15) is 5.52 Å². The number of nitrogens with zero attached hydrogens (tertiary/aromatic N) is 6. The summed E-state index contributed by atoms with van der Waals surface area (Å²) >= 11 is 1.52. The number of hydrogen-bond donors (Lipinski definition) is 0. The van der Waals surface area contributed by atoms with E-state index in [4.69, 9.17) is 0 Å². The molecule has 0 aliphatic carbocycles. The molecule has 4 aromatic rings. The van der Waals surface area contributed by atoms with E-state index in [2.05, 4.69) is 15.2 Å². The van der Waals surface area contributed by atoms with Crippen LogP contribution in [0.15, 0.2) is 28.8 Å². The van der Waals surface area contributed by atoms with Gasteiger partial charge in [-0.15, -0.1) is 11.3 Å². The van der Waals surface area contributed by atoms with Gasteiger partial charge in [-0.3, -0.25) is 9.48 Å². The number of fused-ring (bicyclic) bond motifs is 3. The Morgan fingerprint density at radius 3 is 2.95 bits per heavy atom. The third-order valence-corrected chi connectivity index (χ3v) is 4.39. The van der Waals surface area contributed by atoms with Gasteiger partial charge in [0, 0.05) is 25.7 Å². The highest BCUT2D eigenvalue weighted by molar-refractivity contribution is 7.17. The summed E-state index contributed by atoms with van der Waals surface area (Å²) in [5.41, 5.74) is 3.93. The summed E-state index contributed by atoms with van der Waals surface area (Å²) in [4.78, 5) is 17.0. The van der Waals surface area contributed by atoms with Crippen molar-refractivity contribution in [2.75, 3.05) is 0 Å². The van der Waals surface area contributed by atoms with Crippen molar-refractivity contribution in [1.29, 1.82) is 0 Å². The van der Waals surface area contributed by atoms with E-state index in [0.29, 0.717) is 12.1 Å². The molecule has 8 heteroatoms. The Hall–Kier alpha value is -2.48. The largest absolute Gasteiger partial charge is 0.323 e. The van der Waals surface area contributed by atoms with Crippen molar-refractivity contribution in [1.82, 2.24) is 29.1 Å². The molecule has 0 aromatic carbocycles. The third-order valence-electron chi connectivity index (χ3n) is 3.55. The van der Waals surface area contributed by atoms with Crippen molar-refractivity contribution >= 4 is 32.6 Å². The van der Waals surface area contributed by atoms with Gasteiger partial charge in [0.25, 0.3) is 5.56 Å². The molecule has 0 amide bonds. The standard InChI is InChI=1S/C13H12N6OS/c1-17-4-3-8(16-17)6-19-13(20)10-9(5-15-19)11-12(18(10)2)14-7-21-11/h3-5,7H,6H2,1-2H3. The smallest absolute Gasteiger partial charge is 0.291 e.